The van der Waals surface area contributed by atoms with E-state index in [-0.39, 0.29) is 11.9 Å². The fraction of sp³-hybridized carbons (Fsp3) is 0.360. The van der Waals surface area contributed by atoms with Crippen LogP contribution in [0.5, 0.6) is 5.75 Å². The van der Waals surface area contributed by atoms with Crippen molar-refractivity contribution < 1.29 is 9.53 Å². The standard InChI is InChI=1S/C25H27N3O2S2/c1-3-27-19-14-8-10-16-21(19)31-24(27)22-23(29)28(17-11-5-4-6-12-17)25(32-22)26-18-13-7-9-15-20(18)30-2/h7-10,13-17H,3-6,11-12H2,1-2H3/b24-22-,26-25?. The second kappa shape index (κ2) is 9.24. The highest BCUT2D eigenvalue weighted by Crippen LogP contribution is 2.51. The second-order valence-electron chi connectivity index (χ2n) is 8.08. The Kier molecular flexibility index (Phi) is 6.20. The summed E-state index contributed by atoms with van der Waals surface area (Å²) in [6, 6.07) is 16.3. The largest absolute Gasteiger partial charge is 0.494 e. The van der Waals surface area contributed by atoms with Crippen molar-refractivity contribution in [2.75, 3.05) is 18.6 Å². The van der Waals surface area contributed by atoms with Gasteiger partial charge in [0.05, 0.1) is 12.8 Å². The lowest BCUT2D eigenvalue weighted by molar-refractivity contribution is -0.124. The first kappa shape index (κ1) is 21.5. The molecule has 1 aliphatic carbocycles. The van der Waals surface area contributed by atoms with Crippen LogP contribution in [0.25, 0.3) is 0 Å². The molecule has 2 heterocycles. The number of ether oxygens (including phenoxy) is 1. The summed E-state index contributed by atoms with van der Waals surface area (Å²) in [5.74, 6) is 0.805. The molecular weight excluding hydrogens is 438 g/mol. The number of amidine groups is 1. The van der Waals surface area contributed by atoms with Gasteiger partial charge in [0.25, 0.3) is 5.91 Å². The Morgan fingerprint density at radius 1 is 1.03 bits per heavy atom. The lowest BCUT2D eigenvalue weighted by Crippen LogP contribution is -2.40. The molecule has 1 amide bonds. The summed E-state index contributed by atoms with van der Waals surface area (Å²) in [4.78, 5) is 25.0. The fourth-order valence-corrected chi connectivity index (χ4v) is 7.04. The Labute approximate surface area is 197 Å². The molecule has 0 unspecified atom stereocenters. The number of hydrogen-bond donors (Lipinski definition) is 0. The van der Waals surface area contributed by atoms with Crippen molar-refractivity contribution in [2.24, 2.45) is 4.99 Å². The molecule has 32 heavy (non-hydrogen) atoms. The maximum Gasteiger partial charge on any atom is 0.269 e. The van der Waals surface area contributed by atoms with Gasteiger partial charge in [0.1, 0.15) is 21.4 Å². The van der Waals surface area contributed by atoms with E-state index in [4.69, 9.17) is 9.73 Å². The van der Waals surface area contributed by atoms with Gasteiger partial charge in [-0.05, 0) is 55.8 Å². The topological polar surface area (TPSA) is 45.1 Å². The van der Waals surface area contributed by atoms with Crippen LogP contribution in [0.3, 0.4) is 0 Å². The number of fused-ring (bicyclic) bond motifs is 1. The van der Waals surface area contributed by atoms with Crippen molar-refractivity contribution in [1.29, 1.82) is 0 Å². The van der Waals surface area contributed by atoms with Gasteiger partial charge in [-0.1, -0.05) is 55.3 Å². The molecule has 7 heteroatoms. The predicted octanol–water partition coefficient (Wildman–Crippen LogP) is 6.39. The van der Waals surface area contributed by atoms with Gasteiger partial charge < -0.3 is 9.64 Å². The Balaban J connectivity index is 1.59. The van der Waals surface area contributed by atoms with E-state index < -0.39 is 0 Å². The van der Waals surface area contributed by atoms with Gasteiger partial charge in [-0.15, -0.1) is 0 Å². The van der Waals surface area contributed by atoms with Crippen LogP contribution in [-0.2, 0) is 4.79 Å². The zero-order chi connectivity index (χ0) is 22.1. The summed E-state index contributed by atoms with van der Waals surface area (Å²) in [5.41, 5.74) is 1.93. The quantitative estimate of drug-likeness (QED) is 0.490. The summed E-state index contributed by atoms with van der Waals surface area (Å²) in [5, 5.41) is 1.79. The van der Waals surface area contributed by atoms with Crippen molar-refractivity contribution in [2.45, 2.75) is 50.0 Å². The highest BCUT2D eigenvalue weighted by atomic mass is 32.2. The maximum absolute atomic E-state index is 13.9. The molecule has 2 fully saturated rings. The van der Waals surface area contributed by atoms with Gasteiger partial charge in [0.15, 0.2) is 5.17 Å². The van der Waals surface area contributed by atoms with Gasteiger partial charge in [-0.25, -0.2) is 4.99 Å². The molecule has 0 spiro atoms. The molecule has 2 aromatic carbocycles. The molecule has 0 radical (unpaired) electrons. The molecule has 0 N–H and O–H groups in total. The van der Waals surface area contributed by atoms with Crippen LogP contribution in [-0.4, -0.2) is 35.7 Å². The van der Waals surface area contributed by atoms with E-state index in [1.165, 1.54) is 28.8 Å². The van der Waals surface area contributed by atoms with E-state index >= 15 is 0 Å². The molecule has 1 saturated heterocycles. The number of thioether (sulfide) groups is 2. The third-order valence-corrected chi connectivity index (χ3v) is 8.53. The molecule has 5 rings (SSSR count). The van der Waals surface area contributed by atoms with E-state index in [1.54, 1.807) is 18.9 Å². The highest BCUT2D eigenvalue weighted by Gasteiger charge is 2.42. The normalized spacial score (nSPS) is 22.7. The van der Waals surface area contributed by atoms with E-state index in [1.807, 2.05) is 29.2 Å². The van der Waals surface area contributed by atoms with E-state index in [0.29, 0.717) is 0 Å². The summed E-state index contributed by atoms with van der Waals surface area (Å²) in [6.45, 7) is 2.95. The summed E-state index contributed by atoms with van der Waals surface area (Å²) in [7, 11) is 1.66. The van der Waals surface area contributed by atoms with Crippen LogP contribution in [0.4, 0.5) is 11.4 Å². The number of amides is 1. The minimum Gasteiger partial charge on any atom is -0.494 e. The van der Waals surface area contributed by atoms with E-state index in [0.717, 1.165) is 58.8 Å². The number of aliphatic imine (C=N–C) groups is 1. The molecule has 2 aliphatic heterocycles. The summed E-state index contributed by atoms with van der Waals surface area (Å²) >= 11 is 3.20. The van der Waals surface area contributed by atoms with Crippen molar-refractivity contribution in [3.05, 3.63) is 58.5 Å². The minimum atomic E-state index is 0.0873. The first-order chi connectivity index (χ1) is 15.7. The lowest BCUT2D eigenvalue weighted by Gasteiger charge is -2.30. The van der Waals surface area contributed by atoms with Crippen molar-refractivity contribution >= 4 is 46.0 Å². The van der Waals surface area contributed by atoms with Crippen LogP contribution >= 0.6 is 23.5 Å². The molecule has 3 aliphatic rings. The molecule has 5 nitrogen and oxygen atoms in total. The average molecular weight is 466 g/mol. The van der Waals surface area contributed by atoms with E-state index in [2.05, 4.69) is 36.1 Å². The number of carbonyl (C=O) groups is 1. The second-order valence-corrected chi connectivity index (χ2v) is 10.1. The number of carbonyl (C=O) groups excluding carboxylic acids is 1. The van der Waals surface area contributed by atoms with Crippen molar-refractivity contribution in [3.8, 4) is 5.75 Å². The van der Waals surface area contributed by atoms with Gasteiger partial charge in [0, 0.05) is 17.5 Å². The molecular formula is C25H27N3O2S2. The van der Waals surface area contributed by atoms with Gasteiger partial charge in [-0.2, -0.15) is 0 Å². The monoisotopic (exact) mass is 465 g/mol. The number of hydrogen-bond acceptors (Lipinski definition) is 6. The SMILES string of the molecule is CCN1/C(=C2/SC(=Nc3ccccc3OC)N(C3CCCCC3)C2=O)Sc2ccccc21. The van der Waals surface area contributed by atoms with Crippen LogP contribution in [0.15, 0.2) is 68.4 Å². The Morgan fingerprint density at radius 2 is 1.78 bits per heavy atom. The third-order valence-electron chi connectivity index (χ3n) is 6.17. The molecule has 0 atom stereocenters. The minimum absolute atomic E-state index is 0.0873. The number of methoxy groups -OCH3 is 1. The lowest BCUT2D eigenvalue weighted by atomic mass is 9.94. The van der Waals surface area contributed by atoms with Crippen molar-refractivity contribution in [3.63, 3.8) is 0 Å². The van der Waals surface area contributed by atoms with Crippen LogP contribution in [0, 0.1) is 0 Å². The number of para-hydroxylation sites is 3. The predicted molar refractivity (Wildman–Crippen MR) is 134 cm³/mol. The van der Waals surface area contributed by atoms with Crippen LogP contribution in [0.1, 0.15) is 39.0 Å². The first-order valence-electron chi connectivity index (χ1n) is 11.2. The molecule has 166 valence electrons. The van der Waals surface area contributed by atoms with Gasteiger partial charge in [-0.3, -0.25) is 9.69 Å². The highest BCUT2D eigenvalue weighted by molar-refractivity contribution is 8.19. The van der Waals surface area contributed by atoms with Gasteiger partial charge in [0.2, 0.25) is 0 Å². The van der Waals surface area contributed by atoms with E-state index in [9.17, 15) is 4.79 Å². The Bertz CT molecular complexity index is 1090. The number of nitrogens with zero attached hydrogens (tertiary/aromatic N) is 3. The van der Waals surface area contributed by atoms with Crippen molar-refractivity contribution in [1.82, 2.24) is 4.90 Å². The molecule has 0 aromatic heterocycles. The number of anilines is 1. The number of benzene rings is 2. The third kappa shape index (κ3) is 3.82. The first-order valence-corrected chi connectivity index (χ1v) is 12.9. The number of rotatable bonds is 4. The average Bonchev–Trinajstić information content (AvgIpc) is 3.36. The zero-order valence-corrected chi connectivity index (χ0v) is 20.0. The summed E-state index contributed by atoms with van der Waals surface area (Å²) in [6.07, 6.45) is 5.63. The molecule has 1 saturated carbocycles. The maximum atomic E-state index is 13.9. The zero-order valence-electron chi connectivity index (χ0n) is 18.4. The fourth-order valence-electron chi connectivity index (χ4n) is 4.60. The Morgan fingerprint density at radius 3 is 2.56 bits per heavy atom. The van der Waals surface area contributed by atoms with Crippen LogP contribution in [0.2, 0.25) is 0 Å². The molecule has 0 bridgehead atoms. The Hall–Kier alpha value is -2.38. The van der Waals surface area contributed by atoms with Crippen LogP contribution < -0.4 is 9.64 Å². The smallest absolute Gasteiger partial charge is 0.269 e. The van der Waals surface area contributed by atoms with Gasteiger partial charge >= 0.3 is 0 Å². The summed E-state index contributed by atoms with van der Waals surface area (Å²) < 4.78 is 5.52. The molecule has 2 aromatic rings.